The molecular formula is C19H26N2O5. The van der Waals surface area contributed by atoms with Gasteiger partial charge in [-0.2, -0.15) is 0 Å². The van der Waals surface area contributed by atoms with Crippen molar-refractivity contribution in [2.75, 3.05) is 26.2 Å². The molecule has 26 heavy (non-hydrogen) atoms. The number of carboxylic acid groups (broad SMARTS) is 1. The number of hydrogen-bond acceptors (Lipinski definition) is 4. The second-order valence-electron chi connectivity index (χ2n) is 7.44. The van der Waals surface area contributed by atoms with E-state index in [9.17, 15) is 14.4 Å². The number of benzene rings is 1. The molecule has 2 rings (SSSR count). The van der Waals surface area contributed by atoms with Gasteiger partial charge in [-0.25, -0.2) is 0 Å². The highest BCUT2D eigenvalue weighted by atomic mass is 16.5. The van der Waals surface area contributed by atoms with Crippen LogP contribution in [0.2, 0.25) is 0 Å². The zero-order valence-electron chi connectivity index (χ0n) is 15.4. The van der Waals surface area contributed by atoms with E-state index in [-0.39, 0.29) is 36.7 Å². The Labute approximate surface area is 153 Å². The van der Waals surface area contributed by atoms with Crippen molar-refractivity contribution in [2.24, 2.45) is 0 Å². The van der Waals surface area contributed by atoms with Crippen molar-refractivity contribution in [1.29, 1.82) is 0 Å². The number of nitrogens with one attached hydrogen (secondary N) is 1. The first-order chi connectivity index (χ1) is 12.2. The molecule has 1 aromatic carbocycles. The van der Waals surface area contributed by atoms with Crippen molar-refractivity contribution >= 4 is 17.8 Å². The van der Waals surface area contributed by atoms with Gasteiger partial charge in [0.25, 0.3) is 5.91 Å². The van der Waals surface area contributed by atoms with Gasteiger partial charge in [0.05, 0.1) is 25.7 Å². The van der Waals surface area contributed by atoms with Gasteiger partial charge in [-0.15, -0.1) is 0 Å². The normalized spacial score (nSPS) is 17.7. The minimum atomic E-state index is -0.962. The highest BCUT2D eigenvalue weighted by Gasteiger charge is 2.26. The molecule has 1 fully saturated rings. The molecule has 1 atom stereocenters. The van der Waals surface area contributed by atoms with Crippen LogP contribution in [0.5, 0.6) is 0 Å². The predicted molar refractivity (Wildman–Crippen MR) is 96.0 cm³/mol. The fourth-order valence-electron chi connectivity index (χ4n) is 2.76. The average Bonchev–Trinajstić information content (AvgIpc) is 2.58. The van der Waals surface area contributed by atoms with Crippen LogP contribution in [0.3, 0.4) is 0 Å². The van der Waals surface area contributed by atoms with E-state index in [1.807, 2.05) is 12.1 Å². The molecule has 142 valence electrons. The molecule has 0 aliphatic carbocycles. The number of carbonyl (C=O) groups is 3. The summed E-state index contributed by atoms with van der Waals surface area (Å²) in [4.78, 5) is 36.8. The number of aliphatic carboxylic acids is 1. The third-order valence-corrected chi connectivity index (χ3v) is 4.31. The number of amides is 2. The van der Waals surface area contributed by atoms with E-state index < -0.39 is 12.1 Å². The Balaban J connectivity index is 1.86. The van der Waals surface area contributed by atoms with Gasteiger partial charge >= 0.3 is 5.97 Å². The van der Waals surface area contributed by atoms with E-state index in [2.05, 4.69) is 26.1 Å². The summed E-state index contributed by atoms with van der Waals surface area (Å²) in [5.74, 6) is -1.52. The third kappa shape index (κ3) is 5.56. The number of morpholine rings is 1. The van der Waals surface area contributed by atoms with E-state index in [1.54, 1.807) is 12.1 Å². The predicted octanol–water partition coefficient (Wildman–Crippen LogP) is 1.42. The minimum absolute atomic E-state index is 0.00774. The van der Waals surface area contributed by atoms with Crippen molar-refractivity contribution < 1.29 is 24.2 Å². The number of ether oxygens (including phenoxy) is 1. The van der Waals surface area contributed by atoms with Crippen LogP contribution in [-0.4, -0.2) is 60.1 Å². The van der Waals surface area contributed by atoms with Crippen LogP contribution in [0, 0.1) is 0 Å². The Bertz CT molecular complexity index is 664. The molecule has 2 amide bonds. The molecule has 1 aromatic rings. The Morgan fingerprint density at radius 1 is 1.23 bits per heavy atom. The van der Waals surface area contributed by atoms with Gasteiger partial charge in [-0.05, 0) is 23.1 Å². The lowest BCUT2D eigenvalue weighted by Crippen LogP contribution is -2.49. The number of hydrogen-bond donors (Lipinski definition) is 2. The molecular weight excluding hydrogens is 336 g/mol. The maximum atomic E-state index is 12.3. The number of rotatable bonds is 5. The van der Waals surface area contributed by atoms with Gasteiger partial charge in [0.2, 0.25) is 5.91 Å². The molecule has 0 spiro atoms. The molecule has 1 saturated heterocycles. The Kier molecular flexibility index (Phi) is 6.37. The molecule has 1 aliphatic heterocycles. The highest BCUT2D eigenvalue weighted by Crippen LogP contribution is 2.22. The lowest BCUT2D eigenvalue weighted by atomic mass is 9.87. The Morgan fingerprint density at radius 3 is 2.46 bits per heavy atom. The summed E-state index contributed by atoms with van der Waals surface area (Å²) in [7, 11) is 0. The number of carbonyl (C=O) groups excluding carboxylic acids is 2. The summed E-state index contributed by atoms with van der Waals surface area (Å²) in [5, 5.41) is 11.4. The Morgan fingerprint density at radius 2 is 1.88 bits per heavy atom. The summed E-state index contributed by atoms with van der Waals surface area (Å²) in [6.45, 7) is 7.08. The zero-order valence-corrected chi connectivity index (χ0v) is 15.4. The lowest BCUT2D eigenvalue weighted by Gasteiger charge is -2.32. The molecule has 0 saturated carbocycles. The first-order valence-electron chi connectivity index (χ1n) is 8.66. The largest absolute Gasteiger partial charge is 0.481 e. The van der Waals surface area contributed by atoms with E-state index >= 15 is 0 Å². The molecule has 0 aromatic heterocycles. The summed E-state index contributed by atoms with van der Waals surface area (Å²) < 4.78 is 5.34. The molecule has 7 heteroatoms. The number of carboxylic acids is 1. The monoisotopic (exact) mass is 362 g/mol. The highest BCUT2D eigenvalue weighted by molar-refractivity contribution is 5.96. The first-order valence-corrected chi connectivity index (χ1v) is 8.66. The molecule has 0 radical (unpaired) electrons. The zero-order chi connectivity index (χ0) is 19.3. The van der Waals surface area contributed by atoms with E-state index in [0.717, 1.165) is 5.56 Å². The Hall–Kier alpha value is -2.41. The number of nitrogens with zero attached hydrogens (tertiary/aromatic N) is 1. The lowest BCUT2D eigenvalue weighted by molar-refractivity contribution is -0.147. The molecule has 0 bridgehead atoms. The third-order valence-electron chi connectivity index (χ3n) is 4.31. The van der Waals surface area contributed by atoms with Crippen LogP contribution in [-0.2, 0) is 19.7 Å². The van der Waals surface area contributed by atoms with Crippen molar-refractivity contribution in [1.82, 2.24) is 10.2 Å². The summed E-state index contributed by atoms with van der Waals surface area (Å²) in [6.07, 6.45) is -0.651. The smallest absolute Gasteiger partial charge is 0.306 e. The molecule has 7 nitrogen and oxygen atoms in total. The second-order valence-corrected chi connectivity index (χ2v) is 7.44. The van der Waals surface area contributed by atoms with Crippen LogP contribution >= 0.6 is 0 Å². The molecule has 1 heterocycles. The average molecular weight is 362 g/mol. The molecule has 1 unspecified atom stereocenters. The van der Waals surface area contributed by atoms with Crippen LogP contribution in [0.15, 0.2) is 24.3 Å². The van der Waals surface area contributed by atoms with Crippen molar-refractivity contribution in [3.63, 3.8) is 0 Å². The summed E-state index contributed by atoms with van der Waals surface area (Å²) in [5.41, 5.74) is 1.63. The van der Waals surface area contributed by atoms with Gasteiger partial charge in [-0.3, -0.25) is 14.4 Å². The van der Waals surface area contributed by atoms with Crippen LogP contribution in [0.25, 0.3) is 0 Å². The van der Waals surface area contributed by atoms with E-state index in [0.29, 0.717) is 18.7 Å². The molecule has 1 aliphatic rings. The maximum absolute atomic E-state index is 12.3. The topological polar surface area (TPSA) is 95.9 Å². The van der Waals surface area contributed by atoms with Gasteiger partial charge < -0.3 is 20.1 Å². The SMILES string of the molecule is CC(C)(C)c1ccc(C(=O)NCC(=O)N2CCOC(CC(=O)O)C2)cc1. The van der Waals surface area contributed by atoms with E-state index in [4.69, 9.17) is 9.84 Å². The van der Waals surface area contributed by atoms with Gasteiger partial charge in [0.1, 0.15) is 0 Å². The van der Waals surface area contributed by atoms with Gasteiger partial charge in [-0.1, -0.05) is 32.9 Å². The fraction of sp³-hybridized carbons (Fsp3) is 0.526. The van der Waals surface area contributed by atoms with Crippen molar-refractivity contribution in [3.05, 3.63) is 35.4 Å². The maximum Gasteiger partial charge on any atom is 0.306 e. The fourth-order valence-corrected chi connectivity index (χ4v) is 2.76. The first kappa shape index (κ1) is 19.9. The van der Waals surface area contributed by atoms with Gasteiger partial charge in [0.15, 0.2) is 0 Å². The van der Waals surface area contributed by atoms with Crippen LogP contribution < -0.4 is 5.32 Å². The summed E-state index contributed by atoms with van der Waals surface area (Å²) >= 11 is 0. The van der Waals surface area contributed by atoms with Crippen molar-refractivity contribution in [3.8, 4) is 0 Å². The van der Waals surface area contributed by atoms with Gasteiger partial charge in [0, 0.05) is 18.7 Å². The molecule has 2 N–H and O–H groups in total. The van der Waals surface area contributed by atoms with E-state index in [1.165, 1.54) is 4.90 Å². The van der Waals surface area contributed by atoms with Crippen molar-refractivity contribution in [2.45, 2.75) is 38.7 Å². The second kappa shape index (κ2) is 8.31. The summed E-state index contributed by atoms with van der Waals surface area (Å²) in [6, 6.07) is 7.32. The van der Waals surface area contributed by atoms with Crippen LogP contribution in [0.4, 0.5) is 0 Å². The quantitative estimate of drug-likeness (QED) is 0.826. The minimum Gasteiger partial charge on any atom is -0.481 e. The van der Waals surface area contributed by atoms with Crippen LogP contribution in [0.1, 0.15) is 43.1 Å². The standard InChI is InChI=1S/C19H26N2O5/c1-19(2,3)14-6-4-13(5-7-14)18(25)20-11-16(22)21-8-9-26-15(12-21)10-17(23)24/h4-7,15H,8-12H2,1-3H3,(H,20,25)(H,23,24).